The molecular weight excluding hydrogens is 669 g/mol. The zero-order valence-electron chi connectivity index (χ0n) is 30.2. The van der Waals surface area contributed by atoms with E-state index in [-0.39, 0.29) is 51.0 Å². The van der Waals surface area contributed by atoms with Crippen molar-refractivity contribution in [3.05, 3.63) is 84.4 Å². The molecule has 1 aliphatic carbocycles. The summed E-state index contributed by atoms with van der Waals surface area (Å²) in [6.07, 6.45) is 5.30. The van der Waals surface area contributed by atoms with E-state index in [2.05, 4.69) is 46.2 Å². The third-order valence-electron chi connectivity index (χ3n) is 10.0. The van der Waals surface area contributed by atoms with Crippen LogP contribution in [0, 0.1) is 17.8 Å². The molecule has 1 aliphatic heterocycles. The minimum Gasteiger partial charge on any atom is -0.390 e. The lowest BCUT2D eigenvalue weighted by Crippen LogP contribution is -2.59. The van der Waals surface area contributed by atoms with E-state index >= 15 is 0 Å². The topological polar surface area (TPSA) is 157 Å². The zero-order valence-corrected chi connectivity index (χ0v) is 31.0. The van der Waals surface area contributed by atoms with Gasteiger partial charge in [-0.2, -0.15) is 17.4 Å². The summed E-state index contributed by atoms with van der Waals surface area (Å²) in [4.78, 5) is 27.8. The van der Waals surface area contributed by atoms with Crippen LogP contribution in [0.3, 0.4) is 0 Å². The highest BCUT2D eigenvalue weighted by atomic mass is 32.2. The second kappa shape index (κ2) is 20.2. The number of nitrogens with one attached hydrogen (secondary N) is 3. The summed E-state index contributed by atoms with van der Waals surface area (Å²) in [5.74, 6) is -0.233. The molecule has 5 N–H and O–H groups in total. The molecule has 2 fully saturated rings. The number of nitrogens with zero attached hydrogens (tertiary/aromatic N) is 1. The Balaban J connectivity index is 1.46. The number of hydrogen-bond donors (Lipinski definition) is 5. The number of rotatable bonds is 19. The van der Waals surface area contributed by atoms with Gasteiger partial charge in [-0.05, 0) is 73.8 Å². The fourth-order valence-corrected chi connectivity index (χ4v) is 8.51. The second-order valence-corrected chi connectivity index (χ2v) is 16.3. The summed E-state index contributed by atoms with van der Waals surface area (Å²) in [5.41, 5.74) is 2.07. The molecule has 0 spiro atoms. The first-order valence-corrected chi connectivity index (χ1v) is 19.9. The Morgan fingerprint density at radius 2 is 1.45 bits per heavy atom. The molecule has 2 aromatic carbocycles. The van der Waals surface area contributed by atoms with E-state index in [9.17, 15) is 28.2 Å². The first-order valence-electron chi connectivity index (χ1n) is 18.5. The lowest BCUT2D eigenvalue weighted by Gasteiger charge is -2.35. The quantitative estimate of drug-likeness (QED) is 0.139. The summed E-state index contributed by atoms with van der Waals surface area (Å²) in [5, 5.41) is 28.1. The molecule has 1 saturated heterocycles. The van der Waals surface area contributed by atoms with Gasteiger partial charge in [-0.15, -0.1) is 6.58 Å². The molecule has 2 amide bonds. The third-order valence-corrected chi connectivity index (χ3v) is 11.6. The summed E-state index contributed by atoms with van der Waals surface area (Å²) in [7, 11) is -4.04. The molecule has 0 unspecified atom stereocenters. The van der Waals surface area contributed by atoms with E-state index in [0.717, 1.165) is 37.7 Å². The monoisotopic (exact) mass is 726 g/mol. The molecule has 51 heavy (non-hydrogen) atoms. The lowest BCUT2D eigenvalue weighted by atomic mass is 9.76. The van der Waals surface area contributed by atoms with Crippen LogP contribution in [0.2, 0.25) is 0 Å². The standard InChI is InChI=1S/C39H58N4O7S/c1-4-11-33(40-39(47)35(27-30-14-9-6-10-15-30)42-51(48,49)43-20-22-50-23-21-43)38(46)41-34(37(45)36(44)24-28(2)3)26-32-18-16-31(17-19-32)25-29-12-7-5-8-13-29/h4-10,12-15,28,31-37,42,44-45H,1,11,16-27H2,2-3H3,(H,40,47)(H,41,46)/t31?,32?,33-,34-,35-,36-,37+/m0/s1. The van der Waals surface area contributed by atoms with Gasteiger partial charge >= 0.3 is 0 Å². The molecule has 0 radical (unpaired) electrons. The molecule has 2 aliphatic rings. The van der Waals surface area contributed by atoms with Gasteiger partial charge in [0.05, 0.1) is 25.4 Å². The van der Waals surface area contributed by atoms with Gasteiger partial charge < -0.3 is 25.6 Å². The van der Waals surface area contributed by atoms with Crippen molar-refractivity contribution in [2.24, 2.45) is 17.8 Å². The molecule has 0 aromatic heterocycles. The van der Waals surface area contributed by atoms with Crippen molar-refractivity contribution in [2.75, 3.05) is 26.3 Å². The molecule has 1 saturated carbocycles. The third kappa shape index (κ3) is 13.1. The van der Waals surface area contributed by atoms with E-state index in [4.69, 9.17) is 4.74 Å². The number of benzene rings is 2. The number of amides is 2. The van der Waals surface area contributed by atoms with E-state index in [0.29, 0.717) is 18.8 Å². The molecule has 11 nitrogen and oxygen atoms in total. The molecule has 4 rings (SSSR count). The number of hydrogen-bond acceptors (Lipinski definition) is 7. The van der Waals surface area contributed by atoms with Gasteiger partial charge in [0.25, 0.3) is 10.2 Å². The highest BCUT2D eigenvalue weighted by Crippen LogP contribution is 2.34. The number of aliphatic hydroxyl groups excluding tert-OH is 2. The van der Waals surface area contributed by atoms with E-state index in [1.165, 1.54) is 15.9 Å². The fraction of sp³-hybridized carbons (Fsp3) is 0.590. The molecule has 1 heterocycles. The van der Waals surface area contributed by atoms with E-state index in [1.807, 2.05) is 38.1 Å². The van der Waals surface area contributed by atoms with Crippen LogP contribution >= 0.6 is 0 Å². The summed E-state index contributed by atoms with van der Waals surface area (Å²) < 4.78 is 35.8. The summed E-state index contributed by atoms with van der Waals surface area (Å²) >= 11 is 0. The van der Waals surface area contributed by atoms with Crippen molar-refractivity contribution < 1.29 is 33.0 Å². The van der Waals surface area contributed by atoms with Gasteiger partial charge in [0.15, 0.2) is 0 Å². The SMILES string of the molecule is C=CC[C@H](NC(=O)[C@H](Cc1ccccc1)NS(=O)(=O)N1CCOCC1)C(=O)N[C@@H](CC1CCC(Cc2ccccc2)CC1)[C@@H](O)[C@@H](O)CC(C)C. The average molecular weight is 727 g/mol. The highest BCUT2D eigenvalue weighted by Gasteiger charge is 2.36. The van der Waals surface area contributed by atoms with Crippen molar-refractivity contribution in [1.29, 1.82) is 0 Å². The second-order valence-electron chi connectivity index (χ2n) is 14.6. The predicted octanol–water partition coefficient (Wildman–Crippen LogP) is 3.52. The van der Waals surface area contributed by atoms with Gasteiger partial charge in [0.2, 0.25) is 11.8 Å². The lowest BCUT2D eigenvalue weighted by molar-refractivity contribution is -0.131. The minimum atomic E-state index is -4.04. The van der Waals surface area contributed by atoms with Crippen molar-refractivity contribution in [2.45, 2.75) is 102 Å². The van der Waals surface area contributed by atoms with Crippen molar-refractivity contribution in [3.63, 3.8) is 0 Å². The Morgan fingerprint density at radius 3 is 2.04 bits per heavy atom. The van der Waals surface area contributed by atoms with Crippen LogP contribution in [0.15, 0.2) is 73.3 Å². The molecule has 0 bridgehead atoms. The molecule has 2 aromatic rings. The fourth-order valence-electron chi connectivity index (χ4n) is 7.18. The number of carbonyl (C=O) groups excluding carboxylic acids is 2. The van der Waals surface area contributed by atoms with Crippen LogP contribution < -0.4 is 15.4 Å². The first-order chi connectivity index (χ1) is 24.4. The molecule has 5 atom stereocenters. The predicted molar refractivity (Wildman–Crippen MR) is 199 cm³/mol. The number of carbonyl (C=O) groups is 2. The minimum absolute atomic E-state index is 0.0638. The van der Waals surface area contributed by atoms with Crippen molar-refractivity contribution >= 4 is 22.0 Å². The van der Waals surface area contributed by atoms with Gasteiger partial charge in [-0.1, -0.05) is 93.4 Å². The highest BCUT2D eigenvalue weighted by molar-refractivity contribution is 7.87. The number of aliphatic hydroxyl groups is 2. The largest absolute Gasteiger partial charge is 0.390 e. The van der Waals surface area contributed by atoms with Crippen LogP contribution in [0.25, 0.3) is 0 Å². The maximum Gasteiger partial charge on any atom is 0.280 e. The molecular formula is C39H58N4O7S. The number of morpholine rings is 1. The normalized spacial score (nSPS) is 21.6. The summed E-state index contributed by atoms with van der Waals surface area (Å²) in [6.45, 7) is 8.55. The summed E-state index contributed by atoms with van der Waals surface area (Å²) in [6, 6.07) is 16.5. The maximum atomic E-state index is 13.9. The Kier molecular flexibility index (Phi) is 16.1. The van der Waals surface area contributed by atoms with Crippen LogP contribution in [0.1, 0.15) is 69.9 Å². The van der Waals surface area contributed by atoms with Gasteiger partial charge in [-0.25, -0.2) is 0 Å². The van der Waals surface area contributed by atoms with Gasteiger partial charge in [0.1, 0.15) is 18.2 Å². The van der Waals surface area contributed by atoms with Crippen LogP contribution in [0.5, 0.6) is 0 Å². The van der Waals surface area contributed by atoms with Crippen molar-refractivity contribution in [1.82, 2.24) is 19.7 Å². The van der Waals surface area contributed by atoms with Crippen LogP contribution in [-0.2, 0) is 37.4 Å². The Labute approximate surface area is 304 Å². The molecule has 12 heteroatoms. The van der Waals surface area contributed by atoms with Crippen molar-refractivity contribution in [3.8, 4) is 0 Å². The van der Waals surface area contributed by atoms with E-state index in [1.54, 1.807) is 12.1 Å². The molecule has 282 valence electrons. The Hall–Kier alpha value is -3.13. The van der Waals surface area contributed by atoms with Gasteiger partial charge in [0, 0.05) is 13.1 Å². The Bertz CT molecular complexity index is 1460. The zero-order chi connectivity index (χ0) is 36.8. The van der Waals surface area contributed by atoms with E-state index < -0.39 is 52.4 Å². The Morgan fingerprint density at radius 1 is 0.882 bits per heavy atom. The van der Waals surface area contributed by atoms with Crippen LogP contribution in [-0.4, -0.2) is 91.4 Å². The maximum absolute atomic E-state index is 13.9. The number of ether oxygens (including phenoxy) is 1. The first kappa shape index (κ1) is 40.6. The van der Waals surface area contributed by atoms with Crippen LogP contribution in [0.4, 0.5) is 0 Å². The van der Waals surface area contributed by atoms with Gasteiger partial charge in [-0.3, -0.25) is 9.59 Å². The smallest absolute Gasteiger partial charge is 0.280 e. The average Bonchev–Trinajstić information content (AvgIpc) is 3.12.